The minimum atomic E-state index is -2.99. The van der Waals surface area contributed by atoms with E-state index in [1.54, 1.807) is 17.3 Å². The van der Waals surface area contributed by atoms with Crippen LogP contribution in [0.2, 0.25) is 0 Å². The average Bonchev–Trinajstić information content (AvgIpc) is 3.24. The van der Waals surface area contributed by atoms with Gasteiger partial charge in [0.25, 0.3) is 12.9 Å². The SMILES string of the molecule is CCOC(=O)C(F)F.CCOC(O)C(F)F.OCC(F)F.[CH-]=O.[CH3-].[Cl][RuH+2].[Ru+].c1ccc([PH+](CCNCC[PH+](c2ccccc2)c2ccccc2)c2ccccc2)cc1. The van der Waals surface area contributed by atoms with Crippen LogP contribution in [0.4, 0.5) is 26.3 Å². The Bertz CT molecular complexity index is 1300. The van der Waals surface area contributed by atoms with Crippen LogP contribution in [0.1, 0.15) is 13.8 Å². The first kappa shape index (κ1) is 62.5. The molecule has 0 spiro atoms. The predicted molar refractivity (Wildman–Crippen MR) is 223 cm³/mol. The van der Waals surface area contributed by atoms with Crippen molar-refractivity contribution in [1.29, 1.82) is 0 Å². The maximum atomic E-state index is 11.2. The van der Waals surface area contributed by atoms with Crippen LogP contribution in [0.3, 0.4) is 0 Å². The van der Waals surface area contributed by atoms with E-state index in [-0.39, 0.29) is 40.1 Å². The first-order chi connectivity index (χ1) is 27.0. The number of benzene rings is 4. The Kier molecular flexibility index (Phi) is 46.3. The minimum Gasteiger partial charge on any atom is -0.310 e. The molecule has 0 heterocycles. The van der Waals surface area contributed by atoms with E-state index in [4.69, 9.17) is 15.0 Å². The Morgan fingerprint density at radius 2 is 0.983 bits per heavy atom. The number of carbonyl (C=O) groups is 1. The van der Waals surface area contributed by atoms with Gasteiger partial charge < -0.3 is 37.2 Å². The van der Waals surface area contributed by atoms with Gasteiger partial charge in [0.2, 0.25) is 6.29 Å². The molecule has 0 fully saturated rings. The second kappa shape index (κ2) is 42.9. The van der Waals surface area contributed by atoms with Gasteiger partial charge in [0, 0.05) is 19.7 Å². The summed E-state index contributed by atoms with van der Waals surface area (Å²) in [6.45, 7) is 7.47. The van der Waals surface area contributed by atoms with Gasteiger partial charge in [-0.2, -0.15) is 8.78 Å². The molecule has 1 atom stereocenters. The molecule has 0 saturated carbocycles. The van der Waals surface area contributed by atoms with Gasteiger partial charge in [0.15, 0.2) is 0 Å². The molecule has 0 aliphatic rings. The second-order valence-corrected chi connectivity index (χ2v) is 15.7. The molecule has 0 aliphatic heterocycles. The molecule has 0 bridgehead atoms. The first-order valence-electron chi connectivity index (χ1n) is 17.0. The summed E-state index contributed by atoms with van der Waals surface area (Å²) in [6.07, 6.45) is -7.85. The Morgan fingerprint density at radius 1 is 0.690 bits per heavy atom. The number of carbonyl (C=O) groups excluding carboxylic acids is 2. The molecule has 4 aromatic rings. The third-order valence-corrected chi connectivity index (χ3v) is 12.4. The summed E-state index contributed by atoms with van der Waals surface area (Å²) in [5.74, 6) is -1.45. The molecule has 3 N–H and O–H groups in total. The summed E-state index contributed by atoms with van der Waals surface area (Å²) >= 11 is 1.62. The van der Waals surface area contributed by atoms with Crippen molar-refractivity contribution in [2.24, 2.45) is 0 Å². The number of aliphatic hydroxyl groups is 2. The number of rotatable bonds is 16. The number of hydrogen-bond donors (Lipinski definition) is 3. The van der Waals surface area contributed by atoms with Gasteiger partial charge in [0.1, 0.15) is 6.61 Å². The van der Waals surface area contributed by atoms with E-state index in [1.165, 1.54) is 47.4 Å². The Morgan fingerprint density at radius 3 is 1.16 bits per heavy atom. The zero-order valence-corrected chi connectivity index (χ0v) is 38.6. The van der Waals surface area contributed by atoms with Crippen LogP contribution < -0.4 is 26.5 Å². The predicted octanol–water partition coefficient (Wildman–Crippen LogP) is 6.56. The molecule has 0 amide bonds. The maximum absolute atomic E-state index is 11.2. The summed E-state index contributed by atoms with van der Waals surface area (Å²) in [6, 6.07) is 44.2. The van der Waals surface area contributed by atoms with E-state index in [9.17, 15) is 31.1 Å². The molecule has 7 nitrogen and oxygen atoms in total. The van der Waals surface area contributed by atoms with Crippen LogP contribution >= 0.6 is 25.5 Å². The molecule has 58 heavy (non-hydrogen) atoms. The van der Waals surface area contributed by atoms with Gasteiger partial charge in [-0.05, 0) is 62.4 Å². The van der Waals surface area contributed by atoms with Gasteiger partial charge in [-0.3, -0.25) is 6.79 Å². The smallest absolute Gasteiger partial charge is 0.310 e. The fourth-order valence-electron chi connectivity index (χ4n) is 4.47. The summed E-state index contributed by atoms with van der Waals surface area (Å²) in [5, 5.41) is 25.3. The zero-order valence-electron chi connectivity index (χ0n) is 32.3. The van der Waals surface area contributed by atoms with Crippen LogP contribution in [-0.2, 0) is 55.9 Å². The normalized spacial score (nSPS) is 10.3. The zero-order chi connectivity index (χ0) is 42.6. The number of halogens is 7. The molecule has 1 unspecified atom stereocenters. The third-order valence-electron chi connectivity index (χ3n) is 6.75. The summed E-state index contributed by atoms with van der Waals surface area (Å²) in [4.78, 5) is 17.5. The summed E-state index contributed by atoms with van der Waals surface area (Å²) in [5.41, 5.74) is 0. The molecule has 0 saturated heterocycles. The maximum Gasteiger partial charge on any atom is 1.00 e. The topological polar surface area (TPSA) is 105 Å². The van der Waals surface area contributed by atoms with Crippen molar-refractivity contribution < 1.29 is 92.4 Å². The molecule has 327 valence electrons. The first-order valence-corrected chi connectivity index (χ1v) is 22.8. The average molecular weight is 1060 g/mol. The second-order valence-electron chi connectivity index (χ2n) is 10.5. The van der Waals surface area contributed by atoms with Gasteiger partial charge in [-0.25, -0.2) is 22.4 Å². The number of alkyl halides is 6. The van der Waals surface area contributed by atoms with Crippen molar-refractivity contribution in [1.82, 2.24) is 5.32 Å². The quantitative estimate of drug-likeness (QED) is 0.0171. The van der Waals surface area contributed by atoms with E-state index in [0.29, 0.717) is 0 Å². The monoisotopic (exact) mass is 1060 g/mol. The fraction of sp³-hybridized carbons (Fsp3) is 0.325. The van der Waals surface area contributed by atoms with Crippen molar-refractivity contribution >= 4 is 59.5 Å². The molecule has 1 radical (unpaired) electrons. The minimum absolute atomic E-state index is 0. The number of hydrogen-bond acceptors (Lipinski definition) is 7. The van der Waals surface area contributed by atoms with Crippen LogP contribution in [0.15, 0.2) is 121 Å². The van der Waals surface area contributed by atoms with Crippen molar-refractivity contribution in [2.45, 2.75) is 39.4 Å². The Hall–Kier alpha value is -2.16. The third kappa shape index (κ3) is 30.8. The van der Waals surface area contributed by atoms with Gasteiger partial charge >= 0.3 is 58.9 Å². The van der Waals surface area contributed by atoms with E-state index < -0.39 is 54.0 Å². The summed E-state index contributed by atoms with van der Waals surface area (Å²) < 4.78 is 73.8. The Labute approximate surface area is 368 Å². The molecular formula is C40H54ClF6NO6P2Ru2+3. The Balaban J connectivity index is -0.000000446. The van der Waals surface area contributed by atoms with E-state index in [2.05, 4.69) is 153 Å². The van der Waals surface area contributed by atoms with Gasteiger partial charge in [-0.15, -0.1) is 0 Å². The molecule has 0 aromatic heterocycles. The number of aliphatic hydroxyl groups excluding tert-OH is 2. The molecular weight excluding hydrogens is 1000 g/mol. The van der Waals surface area contributed by atoms with Gasteiger partial charge in [-0.1, -0.05) is 72.8 Å². The van der Waals surface area contributed by atoms with Crippen LogP contribution in [0.5, 0.6) is 0 Å². The largest absolute Gasteiger partial charge is 1.00 e. The number of ether oxygens (including phenoxy) is 2. The van der Waals surface area contributed by atoms with Gasteiger partial charge in [0.05, 0.1) is 56.0 Å². The van der Waals surface area contributed by atoms with Crippen LogP contribution in [-0.4, -0.2) is 93.8 Å². The standard InChI is InChI=1S/C28H29NP2.C4H8F2O2.C4H6F2O2.C2H4F2O.CHO.CH3.ClH.2Ru.H/c1-5-13-25(14-6-1)30(26-15-7-2-8-16-26)23-21-29-22-24-31(27-17-9-3-10-18-27)28-19-11-4-12-20-28;2*1-2-8-4(7)3(5)6;3-2(4)1-5;1-2;;;;;/h1-20,29H,21-24H2;3-4,7H,2H2,1H3;3H,2H2,1H3;2,5H,1H2;1H;1H3;1H;;;/q;;;;2*-1;;+1;+3;/p+1. The molecule has 18 heteroatoms. The molecule has 4 aromatic carbocycles. The number of esters is 1. The van der Waals surface area contributed by atoms with E-state index >= 15 is 0 Å². The fourth-order valence-corrected chi connectivity index (χ4v) is 9.52. The van der Waals surface area contributed by atoms with E-state index in [1.807, 2.05) is 0 Å². The van der Waals surface area contributed by atoms with Crippen molar-refractivity contribution in [3.63, 3.8) is 0 Å². The molecule has 0 aliphatic carbocycles. The van der Waals surface area contributed by atoms with Crippen molar-refractivity contribution in [3.8, 4) is 0 Å². The summed E-state index contributed by atoms with van der Waals surface area (Å²) in [7, 11) is 3.09. The number of nitrogens with one attached hydrogen (secondary N) is 1. The van der Waals surface area contributed by atoms with Crippen LogP contribution in [0, 0.1) is 7.43 Å². The van der Waals surface area contributed by atoms with Crippen molar-refractivity contribution in [2.75, 3.05) is 45.2 Å². The van der Waals surface area contributed by atoms with E-state index in [0.717, 1.165) is 13.1 Å². The van der Waals surface area contributed by atoms with Crippen LogP contribution in [0.25, 0.3) is 0 Å². The molecule has 4 rings (SSSR count). The van der Waals surface area contributed by atoms with Crippen molar-refractivity contribution in [3.05, 3.63) is 129 Å².